The second kappa shape index (κ2) is 9.56. The number of amides is 2. The topological polar surface area (TPSA) is 78.4 Å². The summed E-state index contributed by atoms with van der Waals surface area (Å²) in [6.45, 7) is 1.75. The minimum absolute atomic E-state index is 0.0662. The number of carbonyl (C=O) groups is 2. The highest BCUT2D eigenvalue weighted by Crippen LogP contribution is 2.17. The van der Waals surface area contributed by atoms with Crippen LogP contribution in [-0.4, -0.2) is 35.1 Å². The minimum Gasteiger partial charge on any atom is -0.388 e. The summed E-state index contributed by atoms with van der Waals surface area (Å²) in [7, 11) is 0. The van der Waals surface area contributed by atoms with E-state index in [-0.39, 0.29) is 12.6 Å². The summed E-state index contributed by atoms with van der Waals surface area (Å²) >= 11 is 0. The number of aryl methyl sites for hydroxylation is 1. The molecule has 0 aliphatic heterocycles. The Kier molecular flexibility index (Phi) is 7.44. The van der Waals surface area contributed by atoms with Crippen LogP contribution >= 0.6 is 0 Å². The van der Waals surface area contributed by atoms with Crippen molar-refractivity contribution in [2.45, 2.75) is 69.9 Å². The molecule has 1 aromatic rings. The molecule has 1 aliphatic carbocycles. The number of hydrogen-bond acceptors (Lipinski definition) is 3. The zero-order valence-electron chi connectivity index (χ0n) is 15.1. The third kappa shape index (κ3) is 7.26. The fourth-order valence-electron chi connectivity index (χ4n) is 3.17. The molecule has 1 fully saturated rings. The Morgan fingerprint density at radius 1 is 1.08 bits per heavy atom. The van der Waals surface area contributed by atoms with Gasteiger partial charge in [-0.25, -0.2) is 0 Å². The Labute approximate surface area is 150 Å². The van der Waals surface area contributed by atoms with Crippen LogP contribution in [0.25, 0.3) is 0 Å². The van der Waals surface area contributed by atoms with E-state index in [1.165, 1.54) is 12.8 Å². The van der Waals surface area contributed by atoms with Crippen molar-refractivity contribution in [1.82, 2.24) is 10.6 Å². The highest BCUT2D eigenvalue weighted by Gasteiger charge is 2.24. The molecule has 1 unspecified atom stereocenters. The van der Waals surface area contributed by atoms with Crippen LogP contribution in [0.15, 0.2) is 30.3 Å². The number of nitrogens with one attached hydrogen (secondary N) is 2. The van der Waals surface area contributed by atoms with Crippen LogP contribution in [-0.2, 0) is 16.0 Å². The largest absolute Gasteiger partial charge is 0.388 e. The molecule has 0 aromatic heterocycles. The van der Waals surface area contributed by atoms with Gasteiger partial charge in [0.25, 0.3) is 0 Å². The smallest absolute Gasteiger partial charge is 0.309 e. The van der Waals surface area contributed by atoms with Crippen molar-refractivity contribution in [1.29, 1.82) is 0 Å². The fourth-order valence-corrected chi connectivity index (χ4v) is 3.17. The van der Waals surface area contributed by atoms with Gasteiger partial charge in [-0.1, -0.05) is 56.0 Å². The third-order valence-corrected chi connectivity index (χ3v) is 4.82. The zero-order valence-corrected chi connectivity index (χ0v) is 15.1. The summed E-state index contributed by atoms with van der Waals surface area (Å²) in [4.78, 5) is 24.0. The monoisotopic (exact) mass is 346 g/mol. The Bertz CT molecular complexity index is 549. The van der Waals surface area contributed by atoms with Gasteiger partial charge in [-0.05, 0) is 38.2 Å². The molecule has 2 rings (SSSR count). The summed E-state index contributed by atoms with van der Waals surface area (Å²) in [5.74, 6) is -1.25. The number of carbonyl (C=O) groups excluding carboxylic acids is 2. The van der Waals surface area contributed by atoms with Crippen molar-refractivity contribution in [2.24, 2.45) is 0 Å². The van der Waals surface area contributed by atoms with Crippen LogP contribution in [0, 0.1) is 0 Å². The van der Waals surface area contributed by atoms with Crippen LogP contribution < -0.4 is 10.6 Å². The maximum absolute atomic E-state index is 12.0. The summed E-state index contributed by atoms with van der Waals surface area (Å²) in [6, 6.07) is 9.99. The van der Waals surface area contributed by atoms with Gasteiger partial charge in [0.05, 0.1) is 5.60 Å². The standard InChI is InChI=1S/C20H30N2O3/c1-20(25,14-13-16-9-5-4-6-10-16)15-21-18(23)19(24)22-17-11-7-2-3-8-12-17/h4-6,9-10,17,25H,2-3,7-8,11-15H2,1H3,(H,21,23)(H,22,24). The van der Waals surface area contributed by atoms with Crippen LogP contribution in [0.5, 0.6) is 0 Å². The van der Waals surface area contributed by atoms with Gasteiger partial charge in [0.1, 0.15) is 0 Å². The first kappa shape index (κ1) is 19.4. The molecule has 2 amide bonds. The predicted octanol–water partition coefficient (Wildman–Crippen LogP) is 2.33. The normalized spacial score (nSPS) is 18.0. The fraction of sp³-hybridized carbons (Fsp3) is 0.600. The maximum Gasteiger partial charge on any atom is 0.309 e. The molecule has 0 saturated heterocycles. The molecule has 1 saturated carbocycles. The molecular weight excluding hydrogens is 316 g/mol. The average Bonchev–Trinajstić information content (AvgIpc) is 2.87. The highest BCUT2D eigenvalue weighted by molar-refractivity contribution is 6.35. The summed E-state index contributed by atoms with van der Waals surface area (Å²) in [5.41, 5.74) is 0.0916. The zero-order chi connectivity index (χ0) is 18.1. The van der Waals surface area contributed by atoms with Gasteiger partial charge in [-0.2, -0.15) is 0 Å². The Morgan fingerprint density at radius 3 is 2.36 bits per heavy atom. The molecule has 1 aromatic carbocycles. The second-order valence-corrected chi connectivity index (χ2v) is 7.33. The third-order valence-electron chi connectivity index (χ3n) is 4.82. The van der Waals surface area contributed by atoms with E-state index < -0.39 is 17.4 Å². The van der Waals surface area contributed by atoms with Gasteiger partial charge in [0, 0.05) is 12.6 Å². The van der Waals surface area contributed by atoms with E-state index in [1.807, 2.05) is 30.3 Å². The molecular formula is C20H30N2O3. The number of rotatable bonds is 6. The van der Waals surface area contributed by atoms with Crippen molar-refractivity contribution >= 4 is 11.8 Å². The summed E-state index contributed by atoms with van der Waals surface area (Å²) in [6.07, 6.45) is 7.70. The summed E-state index contributed by atoms with van der Waals surface area (Å²) < 4.78 is 0. The molecule has 5 nitrogen and oxygen atoms in total. The van der Waals surface area contributed by atoms with Gasteiger partial charge in [0.2, 0.25) is 0 Å². The summed E-state index contributed by atoms with van der Waals surface area (Å²) in [5, 5.41) is 15.8. The van der Waals surface area contributed by atoms with Gasteiger partial charge >= 0.3 is 11.8 Å². The minimum atomic E-state index is -1.05. The van der Waals surface area contributed by atoms with Crippen LogP contribution in [0.2, 0.25) is 0 Å². The van der Waals surface area contributed by atoms with Gasteiger partial charge in [-0.15, -0.1) is 0 Å². The number of aliphatic hydroxyl groups is 1. The molecule has 0 bridgehead atoms. The maximum atomic E-state index is 12.0. The lowest BCUT2D eigenvalue weighted by Gasteiger charge is -2.24. The predicted molar refractivity (Wildman–Crippen MR) is 98.0 cm³/mol. The van der Waals surface area contributed by atoms with Gasteiger partial charge in [0.15, 0.2) is 0 Å². The van der Waals surface area contributed by atoms with E-state index in [0.717, 1.165) is 37.7 Å². The van der Waals surface area contributed by atoms with Crippen molar-refractivity contribution in [3.05, 3.63) is 35.9 Å². The lowest BCUT2D eigenvalue weighted by molar-refractivity contribution is -0.140. The van der Waals surface area contributed by atoms with E-state index in [9.17, 15) is 14.7 Å². The Hall–Kier alpha value is -1.88. The van der Waals surface area contributed by atoms with E-state index in [1.54, 1.807) is 6.92 Å². The quantitative estimate of drug-likeness (QED) is 0.546. The van der Waals surface area contributed by atoms with Crippen LogP contribution in [0.1, 0.15) is 57.4 Å². The van der Waals surface area contributed by atoms with Crippen molar-refractivity contribution < 1.29 is 14.7 Å². The number of benzene rings is 1. The molecule has 3 N–H and O–H groups in total. The first-order valence-electron chi connectivity index (χ1n) is 9.31. The van der Waals surface area contributed by atoms with Crippen LogP contribution in [0.3, 0.4) is 0 Å². The van der Waals surface area contributed by atoms with Crippen molar-refractivity contribution in [3.8, 4) is 0 Å². The van der Waals surface area contributed by atoms with E-state index in [0.29, 0.717) is 6.42 Å². The molecule has 138 valence electrons. The lowest BCUT2D eigenvalue weighted by atomic mass is 9.97. The second-order valence-electron chi connectivity index (χ2n) is 7.33. The van der Waals surface area contributed by atoms with Gasteiger partial charge < -0.3 is 15.7 Å². The van der Waals surface area contributed by atoms with E-state index in [2.05, 4.69) is 10.6 Å². The first-order chi connectivity index (χ1) is 12.0. The lowest BCUT2D eigenvalue weighted by Crippen LogP contribution is -2.48. The SMILES string of the molecule is CC(O)(CCc1ccccc1)CNC(=O)C(=O)NC1CCCCCC1. The molecule has 0 heterocycles. The van der Waals surface area contributed by atoms with Crippen LogP contribution in [0.4, 0.5) is 0 Å². The highest BCUT2D eigenvalue weighted by atomic mass is 16.3. The molecule has 1 aliphatic rings. The van der Waals surface area contributed by atoms with E-state index in [4.69, 9.17) is 0 Å². The Balaban J connectivity index is 1.72. The molecule has 1 atom stereocenters. The van der Waals surface area contributed by atoms with Crippen molar-refractivity contribution in [3.63, 3.8) is 0 Å². The van der Waals surface area contributed by atoms with Crippen molar-refractivity contribution in [2.75, 3.05) is 6.54 Å². The molecule has 25 heavy (non-hydrogen) atoms. The first-order valence-corrected chi connectivity index (χ1v) is 9.31. The average molecular weight is 346 g/mol. The molecule has 5 heteroatoms. The molecule has 0 radical (unpaired) electrons. The Morgan fingerprint density at radius 2 is 1.72 bits per heavy atom. The molecule has 0 spiro atoms. The van der Waals surface area contributed by atoms with Gasteiger partial charge in [-0.3, -0.25) is 9.59 Å². The number of hydrogen-bond donors (Lipinski definition) is 3. The van der Waals surface area contributed by atoms with E-state index >= 15 is 0 Å².